The minimum atomic E-state index is -0.00410. The highest BCUT2D eigenvalue weighted by molar-refractivity contribution is 7.99. The first kappa shape index (κ1) is 26.8. The Labute approximate surface area is 214 Å². The molecule has 0 bridgehead atoms. The molecule has 2 heterocycles. The molecule has 2 aromatic carbocycles. The number of nitrogens with one attached hydrogen (secondary N) is 1. The van der Waals surface area contributed by atoms with E-state index in [1.165, 1.54) is 11.1 Å². The van der Waals surface area contributed by atoms with Crippen molar-refractivity contribution in [3.8, 4) is 5.88 Å². The van der Waals surface area contributed by atoms with Gasteiger partial charge in [-0.2, -0.15) is 11.8 Å². The van der Waals surface area contributed by atoms with Gasteiger partial charge in [-0.05, 0) is 36.4 Å². The molecule has 1 saturated heterocycles. The predicted molar refractivity (Wildman–Crippen MR) is 146 cm³/mol. The molecule has 35 heavy (non-hydrogen) atoms. The molecule has 1 aliphatic heterocycles. The molecule has 186 valence electrons. The lowest BCUT2D eigenvalue weighted by molar-refractivity contribution is 0.0736. The Bertz CT molecular complexity index is 976. The van der Waals surface area contributed by atoms with Gasteiger partial charge in [-0.3, -0.25) is 4.79 Å². The van der Waals surface area contributed by atoms with Crippen LogP contribution in [0.25, 0.3) is 0 Å². The van der Waals surface area contributed by atoms with Crippen LogP contribution in [0.4, 0.5) is 0 Å². The van der Waals surface area contributed by atoms with Gasteiger partial charge in [0.25, 0.3) is 5.91 Å². The molecule has 0 radical (unpaired) electrons. The molecule has 1 amide bonds. The van der Waals surface area contributed by atoms with Crippen LogP contribution in [0.5, 0.6) is 5.88 Å². The van der Waals surface area contributed by atoms with E-state index < -0.39 is 0 Å². The summed E-state index contributed by atoms with van der Waals surface area (Å²) in [5.41, 5.74) is 2.99. The van der Waals surface area contributed by atoms with E-state index in [1.807, 2.05) is 42.6 Å². The van der Waals surface area contributed by atoms with Crippen LogP contribution in [-0.4, -0.2) is 60.1 Å². The van der Waals surface area contributed by atoms with Gasteiger partial charge in [0.2, 0.25) is 5.88 Å². The molecule has 6 heteroatoms. The zero-order valence-electron chi connectivity index (χ0n) is 21.2. The molecule has 3 aromatic rings. The van der Waals surface area contributed by atoms with Crippen molar-refractivity contribution in [3.05, 3.63) is 95.7 Å². The van der Waals surface area contributed by atoms with E-state index in [2.05, 4.69) is 65.1 Å². The molecule has 5 nitrogen and oxygen atoms in total. The fourth-order valence-corrected chi connectivity index (χ4v) is 5.35. The van der Waals surface area contributed by atoms with Crippen LogP contribution in [0.3, 0.4) is 0 Å². The van der Waals surface area contributed by atoms with Crippen molar-refractivity contribution in [2.45, 2.75) is 37.5 Å². The van der Waals surface area contributed by atoms with Gasteiger partial charge in [-0.25, -0.2) is 4.98 Å². The lowest BCUT2D eigenvalue weighted by Gasteiger charge is -2.32. The van der Waals surface area contributed by atoms with Crippen LogP contribution in [0.2, 0.25) is 0 Å². The van der Waals surface area contributed by atoms with Crippen LogP contribution < -0.4 is 10.1 Å². The fraction of sp³-hybridized carbons (Fsp3) is 0.379. The summed E-state index contributed by atoms with van der Waals surface area (Å²) < 4.78 is 5.18. The Morgan fingerprint density at radius 3 is 2.20 bits per heavy atom. The average molecular weight is 492 g/mol. The Morgan fingerprint density at radius 2 is 1.69 bits per heavy atom. The topological polar surface area (TPSA) is 54.5 Å². The number of carbonyl (C=O) groups excluding carboxylic acids is 1. The zero-order chi connectivity index (χ0) is 25.0. The number of ether oxygens (including phenoxy) is 1. The van der Waals surface area contributed by atoms with Crippen LogP contribution in [0.1, 0.15) is 47.7 Å². The summed E-state index contributed by atoms with van der Waals surface area (Å²) in [5, 5.41) is 4.12. The summed E-state index contributed by atoms with van der Waals surface area (Å²) in [6.45, 7) is 6.24. The van der Waals surface area contributed by atoms with Crippen molar-refractivity contribution in [1.82, 2.24) is 15.2 Å². The van der Waals surface area contributed by atoms with E-state index in [1.54, 1.807) is 25.4 Å². The molecule has 2 atom stereocenters. The molecule has 2 unspecified atom stereocenters. The predicted octanol–water partition coefficient (Wildman–Crippen LogP) is 5.48. The second-order valence-corrected chi connectivity index (χ2v) is 9.37. The highest BCUT2D eigenvalue weighted by atomic mass is 32.2. The fourth-order valence-electron chi connectivity index (χ4n) is 4.49. The molecule has 0 aliphatic carbocycles. The maximum atomic E-state index is 13.7. The van der Waals surface area contributed by atoms with Crippen LogP contribution in [0.15, 0.2) is 79.0 Å². The number of benzene rings is 2. The number of hydrogen-bond donors (Lipinski definition) is 1. The van der Waals surface area contributed by atoms with Crippen molar-refractivity contribution >= 4 is 17.7 Å². The Kier molecular flexibility index (Phi) is 10.6. The Hall–Kier alpha value is -2.83. The van der Waals surface area contributed by atoms with Gasteiger partial charge in [0.05, 0.1) is 12.7 Å². The van der Waals surface area contributed by atoms with Gasteiger partial charge in [0.1, 0.15) is 0 Å². The van der Waals surface area contributed by atoms with E-state index in [9.17, 15) is 4.79 Å². The molecule has 0 spiro atoms. The summed E-state index contributed by atoms with van der Waals surface area (Å²) in [7, 11) is 1.58. The van der Waals surface area contributed by atoms with Gasteiger partial charge in [0.15, 0.2) is 0 Å². The number of hydrogen-bond acceptors (Lipinski definition) is 5. The number of aromatic nitrogens is 1. The summed E-state index contributed by atoms with van der Waals surface area (Å²) in [6.07, 6.45) is 4.89. The number of rotatable bonds is 9. The highest BCUT2D eigenvalue weighted by Crippen LogP contribution is 2.28. The quantitative estimate of drug-likeness (QED) is 0.429. The van der Waals surface area contributed by atoms with Gasteiger partial charge in [0, 0.05) is 42.6 Å². The van der Waals surface area contributed by atoms with Crippen molar-refractivity contribution in [3.63, 3.8) is 0 Å². The standard InChI is InChI=1S/C27H31N3O2S.C2H6/c1-32-26-14-13-22(17-29-26)27(31)30(19-24-25(33-2)15-16-28-24)18-23(20-9-5-3-6-10-20)21-11-7-4-8-12-21;1-2/h3-14,17,23-25,28H,15-16,18-19H2,1-2H3;1-2H3. The van der Waals surface area contributed by atoms with Gasteiger partial charge in [-0.15, -0.1) is 0 Å². The smallest absolute Gasteiger partial charge is 0.255 e. The largest absolute Gasteiger partial charge is 0.481 e. The molecule has 0 saturated carbocycles. The second-order valence-electron chi connectivity index (χ2n) is 8.30. The summed E-state index contributed by atoms with van der Waals surface area (Å²) >= 11 is 1.88. The minimum Gasteiger partial charge on any atom is -0.481 e. The van der Waals surface area contributed by atoms with E-state index in [-0.39, 0.29) is 17.9 Å². The molecule has 1 fully saturated rings. The summed E-state index contributed by atoms with van der Waals surface area (Å²) in [5.74, 6) is 0.580. The Balaban J connectivity index is 0.00000167. The third-order valence-electron chi connectivity index (χ3n) is 6.29. The third-order valence-corrected chi connectivity index (χ3v) is 7.46. The molecular formula is C29H37N3O2S. The van der Waals surface area contributed by atoms with E-state index in [0.29, 0.717) is 29.8 Å². The van der Waals surface area contributed by atoms with Crippen molar-refractivity contribution < 1.29 is 9.53 Å². The molecule has 1 aromatic heterocycles. The Morgan fingerprint density at radius 1 is 1.06 bits per heavy atom. The van der Waals surface area contributed by atoms with Gasteiger partial charge < -0.3 is 15.0 Å². The van der Waals surface area contributed by atoms with Gasteiger partial charge in [-0.1, -0.05) is 74.5 Å². The van der Waals surface area contributed by atoms with Crippen molar-refractivity contribution in [2.24, 2.45) is 0 Å². The van der Waals surface area contributed by atoms with E-state index in [4.69, 9.17) is 4.74 Å². The zero-order valence-corrected chi connectivity index (χ0v) is 22.0. The first-order valence-electron chi connectivity index (χ1n) is 12.3. The molecular weight excluding hydrogens is 454 g/mol. The first-order valence-corrected chi connectivity index (χ1v) is 13.6. The number of thioether (sulfide) groups is 1. The van der Waals surface area contributed by atoms with E-state index >= 15 is 0 Å². The third kappa shape index (κ3) is 7.09. The van der Waals surface area contributed by atoms with E-state index in [0.717, 1.165) is 13.0 Å². The number of pyridine rings is 1. The number of nitrogens with zero attached hydrogens (tertiary/aromatic N) is 2. The number of amides is 1. The average Bonchev–Trinajstić information content (AvgIpc) is 3.40. The number of carbonyl (C=O) groups is 1. The minimum absolute atomic E-state index is 0.00410. The number of methoxy groups -OCH3 is 1. The van der Waals surface area contributed by atoms with Gasteiger partial charge >= 0.3 is 0 Å². The van der Waals surface area contributed by atoms with Crippen molar-refractivity contribution in [2.75, 3.05) is 33.0 Å². The normalized spacial score (nSPS) is 16.9. The SMILES string of the molecule is CC.COc1ccc(C(=O)N(CC(c2ccccc2)c2ccccc2)CC2NCCC2SC)cn1. The molecule has 4 rings (SSSR count). The summed E-state index contributed by atoms with van der Waals surface area (Å²) in [6, 6.07) is 24.7. The van der Waals surface area contributed by atoms with Crippen LogP contribution in [-0.2, 0) is 0 Å². The lowest BCUT2D eigenvalue weighted by Crippen LogP contribution is -2.46. The molecule has 1 N–H and O–H groups in total. The lowest BCUT2D eigenvalue weighted by atomic mass is 9.90. The van der Waals surface area contributed by atoms with Crippen LogP contribution in [0, 0.1) is 0 Å². The van der Waals surface area contributed by atoms with Crippen molar-refractivity contribution in [1.29, 1.82) is 0 Å². The summed E-state index contributed by atoms with van der Waals surface area (Å²) in [4.78, 5) is 20.0. The van der Waals surface area contributed by atoms with Crippen LogP contribution >= 0.6 is 11.8 Å². The first-order chi connectivity index (χ1) is 17.2. The highest BCUT2D eigenvalue weighted by Gasteiger charge is 2.31. The maximum absolute atomic E-state index is 13.7. The maximum Gasteiger partial charge on any atom is 0.255 e. The second kappa shape index (κ2) is 13.9. The molecule has 1 aliphatic rings. The monoisotopic (exact) mass is 491 g/mol.